The Balaban J connectivity index is 1.49. The second kappa shape index (κ2) is 9.16. The van der Waals surface area contributed by atoms with E-state index in [2.05, 4.69) is 29.1 Å². The number of aromatic amines is 1. The number of nitrogens with zero attached hydrogens (tertiary/aromatic N) is 1. The molecule has 1 aliphatic heterocycles. The van der Waals surface area contributed by atoms with Crippen molar-refractivity contribution in [2.75, 3.05) is 13.2 Å². The number of carbonyl (C=O) groups is 2. The second-order valence-electron chi connectivity index (χ2n) is 7.28. The molecule has 0 unspecified atom stereocenters. The smallest absolute Gasteiger partial charge is 0.338 e. The van der Waals surface area contributed by atoms with Gasteiger partial charge in [0.1, 0.15) is 12.4 Å². The van der Waals surface area contributed by atoms with Gasteiger partial charge in [-0.3, -0.25) is 4.79 Å². The highest BCUT2D eigenvalue weighted by Gasteiger charge is 2.51. The Morgan fingerprint density at radius 1 is 1.29 bits per heavy atom. The number of benzene rings is 1. The van der Waals surface area contributed by atoms with Gasteiger partial charge in [0.2, 0.25) is 0 Å². The van der Waals surface area contributed by atoms with Gasteiger partial charge in [-0.1, -0.05) is 26.0 Å². The summed E-state index contributed by atoms with van der Waals surface area (Å²) in [6, 6.07) is 7.61. The molecule has 1 aliphatic rings. The number of hydrogen-bond donors (Lipinski definition) is 2. The summed E-state index contributed by atoms with van der Waals surface area (Å²) in [6.07, 6.45) is -0.817. The molecule has 2 heterocycles. The number of rotatable bonds is 10. The Morgan fingerprint density at radius 3 is 2.79 bits per heavy atom. The van der Waals surface area contributed by atoms with Crippen molar-refractivity contribution in [2.45, 2.75) is 52.0 Å². The monoisotopic (exact) mass is 389 g/mol. The number of hydrogen-bond acceptors (Lipinski definition) is 6. The van der Waals surface area contributed by atoms with Crippen molar-refractivity contribution in [3.63, 3.8) is 0 Å². The van der Waals surface area contributed by atoms with Gasteiger partial charge in [-0.2, -0.15) is 0 Å². The average Bonchev–Trinajstić information content (AvgIpc) is 3.34. The molecule has 3 rings (SSSR count). The first kappa shape index (κ1) is 20.3. The SMILES string of the molecule is CCOC(=O)[C@H]1O[C@@H]1C(=O)N[C@H](COCc1nc2ccccc2[nH]1)CC(C)C. The molecule has 8 heteroatoms. The van der Waals surface area contributed by atoms with Gasteiger partial charge in [0.15, 0.2) is 12.2 Å². The highest BCUT2D eigenvalue weighted by molar-refractivity contribution is 5.92. The number of H-pyrrole nitrogens is 1. The quantitative estimate of drug-likeness (QED) is 0.475. The number of fused-ring (bicyclic) bond motifs is 1. The van der Waals surface area contributed by atoms with E-state index >= 15 is 0 Å². The van der Waals surface area contributed by atoms with Crippen LogP contribution in [0.2, 0.25) is 0 Å². The van der Waals surface area contributed by atoms with Crippen LogP contribution in [-0.2, 0) is 30.4 Å². The summed E-state index contributed by atoms with van der Waals surface area (Å²) in [7, 11) is 0. The zero-order valence-electron chi connectivity index (χ0n) is 16.4. The molecule has 1 amide bonds. The molecule has 1 saturated heterocycles. The third-order valence-electron chi connectivity index (χ3n) is 4.37. The third kappa shape index (κ3) is 5.30. The van der Waals surface area contributed by atoms with Crippen LogP contribution in [0, 0.1) is 5.92 Å². The maximum absolute atomic E-state index is 12.3. The lowest BCUT2D eigenvalue weighted by molar-refractivity contribution is -0.144. The Kier molecular flexibility index (Phi) is 6.64. The lowest BCUT2D eigenvalue weighted by Crippen LogP contribution is -2.42. The first-order valence-electron chi connectivity index (χ1n) is 9.61. The number of amides is 1. The maximum Gasteiger partial charge on any atom is 0.338 e. The summed E-state index contributed by atoms with van der Waals surface area (Å²) in [4.78, 5) is 31.7. The van der Waals surface area contributed by atoms with E-state index in [-0.39, 0.29) is 18.6 Å². The second-order valence-corrected chi connectivity index (χ2v) is 7.28. The van der Waals surface area contributed by atoms with Gasteiger partial charge in [0.25, 0.3) is 5.91 Å². The molecule has 1 aromatic carbocycles. The van der Waals surface area contributed by atoms with Crippen molar-refractivity contribution >= 4 is 22.9 Å². The van der Waals surface area contributed by atoms with Gasteiger partial charge in [-0.25, -0.2) is 9.78 Å². The lowest BCUT2D eigenvalue weighted by Gasteiger charge is -2.20. The van der Waals surface area contributed by atoms with Crippen LogP contribution < -0.4 is 5.32 Å². The molecular formula is C20H27N3O5. The number of imidazole rings is 1. The predicted molar refractivity (Wildman–Crippen MR) is 102 cm³/mol. The first-order chi connectivity index (χ1) is 13.5. The van der Waals surface area contributed by atoms with Gasteiger partial charge in [0.05, 0.1) is 30.3 Å². The molecule has 0 spiro atoms. The van der Waals surface area contributed by atoms with Crippen LogP contribution >= 0.6 is 0 Å². The van der Waals surface area contributed by atoms with E-state index in [1.54, 1.807) is 6.92 Å². The van der Waals surface area contributed by atoms with Crippen LogP contribution in [-0.4, -0.2) is 53.3 Å². The lowest BCUT2D eigenvalue weighted by atomic mass is 10.0. The minimum absolute atomic E-state index is 0.177. The van der Waals surface area contributed by atoms with E-state index < -0.39 is 18.2 Å². The van der Waals surface area contributed by atoms with Gasteiger partial charge < -0.3 is 24.5 Å². The third-order valence-corrected chi connectivity index (χ3v) is 4.37. The van der Waals surface area contributed by atoms with Crippen LogP contribution in [0.3, 0.4) is 0 Å². The normalized spacial score (nSPS) is 19.6. The van der Waals surface area contributed by atoms with E-state index in [1.165, 1.54) is 0 Å². The molecule has 2 aromatic rings. The molecule has 1 aromatic heterocycles. The van der Waals surface area contributed by atoms with E-state index in [9.17, 15) is 9.59 Å². The Bertz CT molecular complexity index is 786. The van der Waals surface area contributed by atoms with Gasteiger partial charge in [-0.05, 0) is 31.4 Å². The van der Waals surface area contributed by atoms with E-state index in [0.717, 1.165) is 23.3 Å². The Hall–Kier alpha value is -2.45. The van der Waals surface area contributed by atoms with Crippen molar-refractivity contribution in [3.8, 4) is 0 Å². The summed E-state index contributed by atoms with van der Waals surface area (Å²) >= 11 is 0. The van der Waals surface area contributed by atoms with Crippen LogP contribution in [0.15, 0.2) is 24.3 Å². The van der Waals surface area contributed by atoms with Crippen LogP contribution in [0.1, 0.15) is 33.0 Å². The minimum Gasteiger partial charge on any atom is -0.464 e. The van der Waals surface area contributed by atoms with Crippen molar-refractivity contribution in [2.24, 2.45) is 5.92 Å². The van der Waals surface area contributed by atoms with Crippen molar-refractivity contribution in [1.82, 2.24) is 15.3 Å². The number of nitrogens with one attached hydrogen (secondary N) is 2. The van der Waals surface area contributed by atoms with E-state index in [0.29, 0.717) is 19.1 Å². The summed E-state index contributed by atoms with van der Waals surface area (Å²) in [5.74, 6) is 0.310. The van der Waals surface area contributed by atoms with E-state index in [4.69, 9.17) is 14.2 Å². The molecule has 152 valence electrons. The fraction of sp³-hybridized carbons (Fsp3) is 0.550. The number of epoxide rings is 1. The summed E-state index contributed by atoms with van der Waals surface area (Å²) in [5.41, 5.74) is 1.85. The number of ether oxygens (including phenoxy) is 3. The number of para-hydroxylation sites is 2. The molecule has 0 saturated carbocycles. The highest BCUT2D eigenvalue weighted by atomic mass is 16.6. The van der Waals surface area contributed by atoms with Crippen LogP contribution in [0.25, 0.3) is 11.0 Å². The summed E-state index contributed by atoms with van der Waals surface area (Å²) < 4.78 is 15.8. The molecule has 0 aliphatic carbocycles. The zero-order chi connectivity index (χ0) is 20.1. The number of carbonyl (C=O) groups excluding carboxylic acids is 2. The van der Waals surface area contributed by atoms with Gasteiger partial charge >= 0.3 is 5.97 Å². The molecule has 2 N–H and O–H groups in total. The summed E-state index contributed by atoms with van der Waals surface area (Å²) in [6.45, 7) is 6.80. The Morgan fingerprint density at radius 2 is 2.07 bits per heavy atom. The summed E-state index contributed by atoms with van der Waals surface area (Å²) in [5, 5.41) is 2.92. The average molecular weight is 389 g/mol. The highest BCUT2D eigenvalue weighted by Crippen LogP contribution is 2.24. The van der Waals surface area contributed by atoms with Gasteiger partial charge in [-0.15, -0.1) is 0 Å². The Labute approximate surface area is 163 Å². The largest absolute Gasteiger partial charge is 0.464 e. The van der Waals surface area contributed by atoms with Crippen molar-refractivity contribution < 1.29 is 23.8 Å². The number of aromatic nitrogens is 2. The molecule has 28 heavy (non-hydrogen) atoms. The molecule has 3 atom stereocenters. The van der Waals surface area contributed by atoms with Crippen LogP contribution in [0.5, 0.6) is 0 Å². The topological polar surface area (TPSA) is 106 Å². The first-order valence-corrected chi connectivity index (χ1v) is 9.61. The molecule has 1 fully saturated rings. The fourth-order valence-electron chi connectivity index (χ4n) is 3.11. The molecule has 8 nitrogen and oxygen atoms in total. The number of esters is 1. The van der Waals surface area contributed by atoms with E-state index in [1.807, 2.05) is 24.3 Å². The standard InChI is InChI=1S/C20H27N3O5/c1-4-27-20(25)18-17(28-18)19(24)21-13(9-12(2)3)10-26-11-16-22-14-7-5-6-8-15(14)23-16/h5-8,12-13,17-18H,4,9-11H2,1-3H3,(H,21,24)(H,22,23)/t13-,17-,18-/m0/s1. The molecule has 0 radical (unpaired) electrons. The van der Waals surface area contributed by atoms with Gasteiger partial charge in [0, 0.05) is 0 Å². The fourth-order valence-corrected chi connectivity index (χ4v) is 3.11. The van der Waals surface area contributed by atoms with Crippen molar-refractivity contribution in [1.29, 1.82) is 0 Å². The zero-order valence-corrected chi connectivity index (χ0v) is 16.4. The van der Waals surface area contributed by atoms with Crippen molar-refractivity contribution in [3.05, 3.63) is 30.1 Å². The minimum atomic E-state index is -0.795. The molecule has 0 bridgehead atoms. The molecular weight excluding hydrogens is 362 g/mol. The maximum atomic E-state index is 12.3. The predicted octanol–water partition coefficient (Wildman–Crippen LogP) is 1.94. The van der Waals surface area contributed by atoms with Crippen LogP contribution in [0.4, 0.5) is 0 Å².